The van der Waals surface area contributed by atoms with E-state index in [0.717, 1.165) is 43.6 Å². The molecule has 1 aromatic heterocycles. The fourth-order valence-corrected chi connectivity index (χ4v) is 4.11. The summed E-state index contributed by atoms with van der Waals surface area (Å²) in [6, 6.07) is 9.93. The minimum absolute atomic E-state index is 0.0105. The predicted molar refractivity (Wildman–Crippen MR) is 90.6 cm³/mol. The highest BCUT2D eigenvalue weighted by atomic mass is 32.1. The number of fused-ring (bicyclic) bond motifs is 3. The lowest BCUT2D eigenvalue weighted by Crippen LogP contribution is -2.52. The highest BCUT2D eigenvalue weighted by Gasteiger charge is 2.36. The molecule has 1 aromatic carbocycles. The van der Waals surface area contributed by atoms with E-state index in [4.69, 9.17) is 4.74 Å². The number of aromatic nitrogens is 1. The molecule has 5 nitrogen and oxygen atoms in total. The van der Waals surface area contributed by atoms with Crippen LogP contribution in [0.3, 0.4) is 0 Å². The number of anilines is 1. The Labute approximate surface area is 139 Å². The summed E-state index contributed by atoms with van der Waals surface area (Å²) in [5.74, 6) is 1.09. The van der Waals surface area contributed by atoms with Gasteiger partial charge in [-0.15, -0.1) is 0 Å². The quantitative estimate of drug-likeness (QED) is 0.937. The Bertz CT molecular complexity index is 680. The number of carbonyl (C=O) groups excluding carboxylic acids is 1. The molecule has 2 aromatic rings. The summed E-state index contributed by atoms with van der Waals surface area (Å²) >= 11 is 1.33. The molecule has 4 heterocycles. The van der Waals surface area contributed by atoms with Crippen molar-refractivity contribution in [2.24, 2.45) is 5.92 Å². The second kappa shape index (κ2) is 6.29. The maximum absolute atomic E-state index is 12.3. The third kappa shape index (κ3) is 3.09. The predicted octanol–water partition coefficient (Wildman–Crippen LogP) is 3.45. The maximum Gasteiger partial charge on any atom is 0.413 e. The van der Waals surface area contributed by atoms with Gasteiger partial charge in [0.25, 0.3) is 0 Å². The molecule has 5 rings (SSSR count). The van der Waals surface area contributed by atoms with E-state index in [0.29, 0.717) is 11.7 Å². The zero-order valence-electron chi connectivity index (χ0n) is 12.8. The Morgan fingerprint density at radius 2 is 2.04 bits per heavy atom. The number of hydrogen-bond acceptors (Lipinski definition) is 5. The number of hydrogen-bond donors (Lipinski definition) is 1. The van der Waals surface area contributed by atoms with Gasteiger partial charge in [-0.25, -0.2) is 4.79 Å². The second-order valence-corrected chi connectivity index (χ2v) is 6.78. The van der Waals surface area contributed by atoms with Gasteiger partial charge in [-0.05, 0) is 48.9 Å². The lowest BCUT2D eigenvalue weighted by Gasteiger charge is -2.43. The van der Waals surface area contributed by atoms with E-state index in [9.17, 15) is 4.79 Å². The number of rotatable bonds is 3. The number of nitrogens with zero attached hydrogens (tertiary/aromatic N) is 2. The molecule has 3 saturated heterocycles. The first-order chi connectivity index (χ1) is 11.3. The first-order valence-corrected chi connectivity index (χ1v) is 8.83. The fourth-order valence-electron chi connectivity index (χ4n) is 3.46. The summed E-state index contributed by atoms with van der Waals surface area (Å²) in [4.78, 5) is 14.6. The fraction of sp³-hybridized carbons (Fsp3) is 0.412. The first kappa shape index (κ1) is 14.7. The topological polar surface area (TPSA) is 54.5 Å². The molecule has 1 unspecified atom stereocenters. The van der Waals surface area contributed by atoms with Crippen LogP contribution in [-0.2, 0) is 4.74 Å². The van der Waals surface area contributed by atoms with Gasteiger partial charge in [0.15, 0.2) is 5.82 Å². The van der Waals surface area contributed by atoms with Crippen molar-refractivity contribution in [3.8, 4) is 11.1 Å². The summed E-state index contributed by atoms with van der Waals surface area (Å²) in [5, 5.41) is 4.76. The average molecular weight is 329 g/mol. The van der Waals surface area contributed by atoms with E-state index in [1.807, 2.05) is 35.7 Å². The molecule has 3 fully saturated rings. The average Bonchev–Trinajstić information content (AvgIpc) is 3.04. The third-order valence-corrected chi connectivity index (χ3v) is 5.36. The van der Waals surface area contributed by atoms with Crippen LogP contribution in [0.1, 0.15) is 12.8 Å². The maximum atomic E-state index is 12.3. The van der Waals surface area contributed by atoms with Crippen molar-refractivity contribution in [3.63, 3.8) is 0 Å². The summed E-state index contributed by atoms with van der Waals surface area (Å²) in [7, 11) is 0. The van der Waals surface area contributed by atoms with Gasteiger partial charge < -0.3 is 4.74 Å². The second-order valence-electron chi connectivity index (χ2n) is 6.15. The molecule has 6 heteroatoms. The van der Waals surface area contributed by atoms with Crippen LogP contribution in [0.5, 0.6) is 0 Å². The molecular weight excluding hydrogens is 310 g/mol. The number of amides is 1. The zero-order chi connectivity index (χ0) is 15.6. The van der Waals surface area contributed by atoms with Crippen LogP contribution in [0.2, 0.25) is 0 Å². The molecule has 0 saturated carbocycles. The standard InChI is InChI=1S/C17H19N3O2S/c21-17(22-15-10-20-8-6-13(15)7-9-20)18-16-14(11-23-19-16)12-4-2-1-3-5-12/h1-5,11,13,15H,6-10H2,(H,18,19,21). The molecular formula is C17H19N3O2S. The SMILES string of the molecule is O=C(Nc1nscc1-c1ccccc1)OC1CN2CCC1CC2. The van der Waals surface area contributed by atoms with Gasteiger partial charge in [0, 0.05) is 17.5 Å². The van der Waals surface area contributed by atoms with Gasteiger partial charge in [-0.1, -0.05) is 30.3 Å². The highest BCUT2D eigenvalue weighted by molar-refractivity contribution is 7.04. The molecule has 1 N–H and O–H groups in total. The van der Waals surface area contributed by atoms with E-state index >= 15 is 0 Å². The lowest BCUT2D eigenvalue weighted by atomic mass is 9.86. The van der Waals surface area contributed by atoms with E-state index in [1.165, 1.54) is 11.5 Å². The number of nitrogens with one attached hydrogen (secondary N) is 1. The van der Waals surface area contributed by atoms with Gasteiger partial charge in [-0.3, -0.25) is 10.2 Å². The van der Waals surface area contributed by atoms with E-state index < -0.39 is 6.09 Å². The Hall–Kier alpha value is -1.92. The van der Waals surface area contributed by atoms with Gasteiger partial charge in [0.2, 0.25) is 0 Å². The molecule has 1 atom stereocenters. The minimum atomic E-state index is -0.396. The lowest BCUT2D eigenvalue weighted by molar-refractivity contribution is -0.0289. The largest absolute Gasteiger partial charge is 0.444 e. The van der Waals surface area contributed by atoms with Gasteiger partial charge in [0.05, 0.1) is 0 Å². The van der Waals surface area contributed by atoms with Crippen molar-refractivity contribution in [1.29, 1.82) is 0 Å². The minimum Gasteiger partial charge on any atom is -0.444 e. The van der Waals surface area contributed by atoms with Crippen LogP contribution in [0.4, 0.5) is 10.6 Å². The Kier molecular flexibility index (Phi) is 4.01. The van der Waals surface area contributed by atoms with Crippen LogP contribution in [-0.4, -0.2) is 41.1 Å². The van der Waals surface area contributed by atoms with Crippen molar-refractivity contribution in [2.75, 3.05) is 25.0 Å². The molecule has 2 bridgehead atoms. The summed E-state index contributed by atoms with van der Waals surface area (Å²) in [6.45, 7) is 3.13. The molecule has 0 spiro atoms. The molecule has 120 valence electrons. The summed E-state index contributed by atoms with van der Waals surface area (Å²) in [6.07, 6.45) is 1.87. The van der Waals surface area contributed by atoms with E-state index in [1.54, 1.807) is 0 Å². The third-order valence-electron chi connectivity index (χ3n) is 4.73. The van der Waals surface area contributed by atoms with Crippen molar-refractivity contribution < 1.29 is 9.53 Å². The van der Waals surface area contributed by atoms with Crippen molar-refractivity contribution >= 4 is 23.4 Å². The number of carbonyl (C=O) groups is 1. The molecule has 23 heavy (non-hydrogen) atoms. The number of ether oxygens (including phenoxy) is 1. The van der Waals surface area contributed by atoms with E-state index in [-0.39, 0.29) is 6.10 Å². The van der Waals surface area contributed by atoms with E-state index in [2.05, 4.69) is 14.6 Å². The van der Waals surface area contributed by atoms with Crippen molar-refractivity contribution in [3.05, 3.63) is 35.7 Å². The zero-order valence-corrected chi connectivity index (χ0v) is 13.6. The van der Waals surface area contributed by atoms with Crippen LogP contribution in [0.25, 0.3) is 11.1 Å². The molecule has 1 amide bonds. The number of benzene rings is 1. The van der Waals surface area contributed by atoms with Crippen molar-refractivity contribution in [2.45, 2.75) is 18.9 Å². The molecule has 3 aliphatic rings. The highest BCUT2D eigenvalue weighted by Crippen LogP contribution is 2.31. The summed E-state index contributed by atoms with van der Waals surface area (Å²) in [5.41, 5.74) is 1.97. The van der Waals surface area contributed by atoms with Crippen molar-refractivity contribution in [1.82, 2.24) is 9.27 Å². The van der Waals surface area contributed by atoms with Crippen LogP contribution in [0, 0.1) is 5.92 Å². The van der Waals surface area contributed by atoms with Crippen LogP contribution < -0.4 is 5.32 Å². The Balaban J connectivity index is 1.43. The Morgan fingerprint density at radius 3 is 2.74 bits per heavy atom. The molecule has 0 aliphatic carbocycles. The first-order valence-electron chi connectivity index (χ1n) is 7.99. The molecule has 0 radical (unpaired) electrons. The smallest absolute Gasteiger partial charge is 0.413 e. The normalized spacial score (nSPS) is 26.0. The Morgan fingerprint density at radius 1 is 1.26 bits per heavy atom. The van der Waals surface area contributed by atoms with Gasteiger partial charge in [0.1, 0.15) is 6.10 Å². The van der Waals surface area contributed by atoms with Crippen LogP contribution >= 0.6 is 11.5 Å². The van der Waals surface area contributed by atoms with Crippen LogP contribution in [0.15, 0.2) is 35.7 Å². The number of piperidine rings is 3. The molecule has 3 aliphatic heterocycles. The monoisotopic (exact) mass is 329 g/mol. The van der Waals surface area contributed by atoms with Gasteiger partial charge >= 0.3 is 6.09 Å². The summed E-state index contributed by atoms with van der Waals surface area (Å²) < 4.78 is 9.96. The van der Waals surface area contributed by atoms with Gasteiger partial charge in [-0.2, -0.15) is 4.37 Å².